The maximum absolute atomic E-state index is 12.9. The number of carbonyl (C=O) groups excluding carboxylic acids is 1. The van der Waals surface area contributed by atoms with E-state index in [1.54, 1.807) is 13.3 Å². The number of carbonyl (C=O) groups is 1. The van der Waals surface area contributed by atoms with Gasteiger partial charge in [-0.3, -0.25) is 4.79 Å². The standard InChI is InChI=1S/C22H20F3N3O2/c1-30-17-10-8-16(9-11-17)28-20-7-3-6-19(18(20)13-26-28)27-21(29)14-4-2-5-15(12-14)22(23,24)25/h2,4-5,8-13,19H,3,6-7H2,1H3,(H,27,29). The third-order valence-electron chi connectivity index (χ3n) is 5.26. The number of halogens is 3. The van der Waals surface area contributed by atoms with Crippen molar-refractivity contribution in [2.75, 3.05) is 7.11 Å². The number of rotatable bonds is 4. The molecule has 1 atom stereocenters. The highest BCUT2D eigenvalue weighted by Crippen LogP contribution is 2.32. The molecule has 0 aliphatic heterocycles. The molecular formula is C22H20F3N3O2. The minimum absolute atomic E-state index is 0.0144. The minimum Gasteiger partial charge on any atom is -0.497 e. The lowest BCUT2D eigenvalue weighted by Crippen LogP contribution is -2.31. The molecule has 1 heterocycles. The van der Waals surface area contributed by atoms with Gasteiger partial charge in [0.1, 0.15) is 5.75 Å². The molecule has 0 radical (unpaired) electrons. The zero-order valence-corrected chi connectivity index (χ0v) is 16.2. The highest BCUT2D eigenvalue weighted by molar-refractivity contribution is 5.94. The van der Waals surface area contributed by atoms with Gasteiger partial charge in [0.25, 0.3) is 5.91 Å². The summed E-state index contributed by atoms with van der Waals surface area (Å²) in [6, 6.07) is 11.6. The van der Waals surface area contributed by atoms with E-state index in [1.807, 2.05) is 28.9 Å². The maximum Gasteiger partial charge on any atom is 0.416 e. The molecule has 5 nitrogen and oxygen atoms in total. The van der Waals surface area contributed by atoms with Crippen molar-refractivity contribution in [2.24, 2.45) is 0 Å². The van der Waals surface area contributed by atoms with E-state index in [0.29, 0.717) is 6.42 Å². The molecule has 3 aromatic rings. The number of benzene rings is 2. The number of alkyl halides is 3. The average Bonchev–Trinajstić information content (AvgIpc) is 3.18. The first kappa shape index (κ1) is 20.0. The number of aromatic nitrogens is 2. The molecule has 1 aliphatic carbocycles. The van der Waals surface area contributed by atoms with Crippen LogP contribution in [0.15, 0.2) is 54.7 Å². The largest absolute Gasteiger partial charge is 0.497 e. The van der Waals surface area contributed by atoms with Crippen LogP contribution in [-0.2, 0) is 12.6 Å². The van der Waals surface area contributed by atoms with Gasteiger partial charge in [-0.2, -0.15) is 18.3 Å². The molecule has 2 aromatic carbocycles. The fraction of sp³-hybridized carbons (Fsp3) is 0.273. The molecule has 1 unspecified atom stereocenters. The Kier molecular flexibility index (Phi) is 5.24. The Balaban J connectivity index is 1.57. The van der Waals surface area contributed by atoms with Crippen molar-refractivity contribution >= 4 is 5.91 Å². The third kappa shape index (κ3) is 3.90. The van der Waals surface area contributed by atoms with Crippen LogP contribution in [0, 0.1) is 0 Å². The summed E-state index contributed by atoms with van der Waals surface area (Å²) in [7, 11) is 1.60. The Bertz CT molecular complexity index is 1060. The van der Waals surface area contributed by atoms with Crippen LogP contribution >= 0.6 is 0 Å². The summed E-state index contributed by atoms with van der Waals surface area (Å²) < 4.78 is 45.9. The van der Waals surface area contributed by atoms with Crippen LogP contribution in [0.1, 0.15) is 46.1 Å². The third-order valence-corrected chi connectivity index (χ3v) is 5.26. The highest BCUT2D eigenvalue weighted by Gasteiger charge is 2.31. The summed E-state index contributed by atoms with van der Waals surface area (Å²) >= 11 is 0. The first-order valence-electron chi connectivity index (χ1n) is 9.56. The fourth-order valence-electron chi connectivity index (χ4n) is 3.73. The van der Waals surface area contributed by atoms with Crippen molar-refractivity contribution < 1.29 is 22.7 Å². The van der Waals surface area contributed by atoms with Gasteiger partial charge in [0, 0.05) is 16.8 Å². The smallest absolute Gasteiger partial charge is 0.416 e. The number of fused-ring (bicyclic) bond motifs is 1. The number of hydrogen-bond acceptors (Lipinski definition) is 3. The predicted octanol–water partition coefficient (Wildman–Crippen LogP) is 4.71. The molecule has 0 fully saturated rings. The Morgan fingerprint density at radius 2 is 1.97 bits per heavy atom. The van der Waals surface area contributed by atoms with Gasteiger partial charge in [0.2, 0.25) is 0 Å². The van der Waals surface area contributed by atoms with Gasteiger partial charge in [-0.1, -0.05) is 6.07 Å². The molecular weight excluding hydrogens is 395 g/mol. The van der Waals surface area contributed by atoms with E-state index in [2.05, 4.69) is 10.4 Å². The predicted molar refractivity (Wildman–Crippen MR) is 105 cm³/mol. The van der Waals surface area contributed by atoms with Gasteiger partial charge in [-0.05, 0) is 61.7 Å². The summed E-state index contributed by atoms with van der Waals surface area (Å²) in [6.45, 7) is 0. The quantitative estimate of drug-likeness (QED) is 0.672. The Hall–Kier alpha value is -3.29. The van der Waals surface area contributed by atoms with E-state index in [4.69, 9.17) is 4.74 Å². The molecule has 0 spiro atoms. The number of hydrogen-bond donors (Lipinski definition) is 1. The van der Waals surface area contributed by atoms with Crippen molar-refractivity contribution in [3.05, 3.63) is 77.1 Å². The molecule has 156 valence electrons. The van der Waals surface area contributed by atoms with Crippen molar-refractivity contribution in [3.8, 4) is 11.4 Å². The van der Waals surface area contributed by atoms with E-state index in [1.165, 1.54) is 12.1 Å². The van der Waals surface area contributed by atoms with Crippen LogP contribution in [0.25, 0.3) is 5.69 Å². The number of amides is 1. The Morgan fingerprint density at radius 3 is 2.67 bits per heavy atom. The molecule has 0 saturated carbocycles. The monoisotopic (exact) mass is 415 g/mol. The summed E-state index contributed by atoms with van der Waals surface area (Å²) in [5, 5.41) is 7.35. The van der Waals surface area contributed by atoms with Crippen LogP contribution in [0.4, 0.5) is 13.2 Å². The van der Waals surface area contributed by atoms with Crippen LogP contribution in [0.2, 0.25) is 0 Å². The summed E-state index contributed by atoms with van der Waals surface area (Å²) in [4.78, 5) is 12.6. The molecule has 1 aliphatic rings. The molecule has 0 bridgehead atoms. The van der Waals surface area contributed by atoms with Gasteiger partial charge in [-0.15, -0.1) is 0 Å². The fourth-order valence-corrected chi connectivity index (χ4v) is 3.73. The lowest BCUT2D eigenvalue weighted by atomic mass is 9.92. The highest BCUT2D eigenvalue weighted by atomic mass is 19.4. The lowest BCUT2D eigenvalue weighted by molar-refractivity contribution is -0.137. The lowest BCUT2D eigenvalue weighted by Gasteiger charge is -2.24. The molecule has 1 N–H and O–H groups in total. The normalized spacial score (nSPS) is 16.1. The zero-order valence-electron chi connectivity index (χ0n) is 16.2. The zero-order chi connectivity index (χ0) is 21.3. The summed E-state index contributed by atoms with van der Waals surface area (Å²) in [6.07, 6.45) is -0.435. The number of methoxy groups -OCH3 is 1. The van der Waals surface area contributed by atoms with E-state index in [-0.39, 0.29) is 11.6 Å². The van der Waals surface area contributed by atoms with Gasteiger partial charge < -0.3 is 10.1 Å². The first-order chi connectivity index (χ1) is 14.4. The van der Waals surface area contributed by atoms with Crippen LogP contribution in [-0.4, -0.2) is 22.8 Å². The molecule has 30 heavy (non-hydrogen) atoms. The topological polar surface area (TPSA) is 56.1 Å². The van der Waals surface area contributed by atoms with E-state index < -0.39 is 17.6 Å². The van der Waals surface area contributed by atoms with Crippen molar-refractivity contribution in [1.82, 2.24) is 15.1 Å². The summed E-state index contributed by atoms with van der Waals surface area (Å²) in [5.74, 6) is 0.210. The number of ether oxygens (including phenoxy) is 1. The van der Waals surface area contributed by atoms with Gasteiger partial charge in [0.15, 0.2) is 0 Å². The Labute approximate surface area is 171 Å². The van der Waals surface area contributed by atoms with Crippen molar-refractivity contribution in [3.63, 3.8) is 0 Å². The Morgan fingerprint density at radius 1 is 1.20 bits per heavy atom. The SMILES string of the molecule is COc1ccc(-n2ncc3c2CCCC3NC(=O)c2cccc(C(F)(F)F)c2)cc1. The second-order valence-corrected chi connectivity index (χ2v) is 7.15. The van der Waals surface area contributed by atoms with Gasteiger partial charge in [-0.25, -0.2) is 4.68 Å². The van der Waals surface area contributed by atoms with E-state index in [0.717, 1.165) is 47.7 Å². The second-order valence-electron chi connectivity index (χ2n) is 7.15. The molecule has 1 amide bonds. The van der Waals surface area contributed by atoms with Crippen molar-refractivity contribution in [2.45, 2.75) is 31.5 Å². The second kappa shape index (κ2) is 7.85. The first-order valence-corrected chi connectivity index (χ1v) is 9.56. The van der Waals surface area contributed by atoms with E-state index in [9.17, 15) is 18.0 Å². The summed E-state index contributed by atoms with van der Waals surface area (Å²) in [5.41, 5.74) is 1.89. The minimum atomic E-state index is -4.49. The molecule has 1 aromatic heterocycles. The van der Waals surface area contributed by atoms with Gasteiger partial charge in [0.05, 0.1) is 30.6 Å². The van der Waals surface area contributed by atoms with Gasteiger partial charge >= 0.3 is 6.18 Å². The van der Waals surface area contributed by atoms with Crippen molar-refractivity contribution in [1.29, 1.82) is 0 Å². The number of nitrogens with zero attached hydrogens (tertiary/aromatic N) is 2. The number of nitrogens with one attached hydrogen (secondary N) is 1. The molecule has 8 heteroatoms. The van der Waals surface area contributed by atoms with E-state index >= 15 is 0 Å². The maximum atomic E-state index is 12.9. The average molecular weight is 415 g/mol. The van der Waals surface area contributed by atoms with Crippen LogP contribution in [0.3, 0.4) is 0 Å². The molecule has 4 rings (SSSR count). The van der Waals surface area contributed by atoms with Crippen LogP contribution < -0.4 is 10.1 Å². The van der Waals surface area contributed by atoms with Crippen LogP contribution in [0.5, 0.6) is 5.75 Å². The molecule has 0 saturated heterocycles.